The summed E-state index contributed by atoms with van der Waals surface area (Å²) in [5.74, 6) is 0. The second-order valence-electron chi connectivity index (χ2n) is 4.46. The van der Waals surface area contributed by atoms with Crippen LogP contribution in [-0.2, 0) is 17.9 Å². The summed E-state index contributed by atoms with van der Waals surface area (Å²) in [4.78, 5) is 5.39. The normalized spacial score (nSPS) is 12.0. The maximum atomic E-state index is 5.67. The van der Waals surface area contributed by atoms with E-state index in [0.717, 1.165) is 17.1 Å². The van der Waals surface area contributed by atoms with Crippen LogP contribution in [0, 0.1) is 0 Å². The molecule has 0 spiro atoms. The van der Waals surface area contributed by atoms with Gasteiger partial charge in [0.1, 0.15) is 0 Å². The number of aromatic nitrogens is 1. The SMILES string of the molecule is COCc1nc(N)sc1CNC(C)(C)C. The zero-order chi connectivity index (χ0) is 11.5. The van der Waals surface area contributed by atoms with Crippen LogP contribution in [-0.4, -0.2) is 17.6 Å². The van der Waals surface area contributed by atoms with Gasteiger partial charge < -0.3 is 15.8 Å². The summed E-state index contributed by atoms with van der Waals surface area (Å²) in [6, 6.07) is 0. The average molecular weight is 229 g/mol. The molecule has 0 aromatic carbocycles. The Labute approximate surface area is 94.8 Å². The molecule has 86 valence electrons. The molecule has 0 unspecified atom stereocenters. The first kappa shape index (κ1) is 12.4. The fraction of sp³-hybridized carbons (Fsp3) is 0.700. The summed E-state index contributed by atoms with van der Waals surface area (Å²) < 4.78 is 5.07. The molecule has 0 saturated heterocycles. The van der Waals surface area contributed by atoms with E-state index in [2.05, 4.69) is 31.1 Å². The van der Waals surface area contributed by atoms with Crippen LogP contribution in [0.25, 0.3) is 0 Å². The summed E-state index contributed by atoms with van der Waals surface area (Å²) >= 11 is 1.52. The van der Waals surface area contributed by atoms with Crippen LogP contribution in [0.5, 0.6) is 0 Å². The molecule has 0 aliphatic carbocycles. The van der Waals surface area contributed by atoms with Gasteiger partial charge in [-0.25, -0.2) is 4.98 Å². The highest BCUT2D eigenvalue weighted by Crippen LogP contribution is 2.21. The van der Waals surface area contributed by atoms with Crippen molar-refractivity contribution in [1.82, 2.24) is 10.3 Å². The van der Waals surface area contributed by atoms with E-state index in [1.54, 1.807) is 7.11 Å². The lowest BCUT2D eigenvalue weighted by atomic mass is 10.1. The molecule has 0 atom stereocenters. The summed E-state index contributed by atoms with van der Waals surface area (Å²) in [5, 5.41) is 4.01. The molecule has 0 aliphatic heterocycles. The maximum Gasteiger partial charge on any atom is 0.180 e. The van der Waals surface area contributed by atoms with Crippen molar-refractivity contribution in [2.24, 2.45) is 0 Å². The van der Waals surface area contributed by atoms with Crippen molar-refractivity contribution >= 4 is 16.5 Å². The first-order valence-corrected chi connectivity index (χ1v) is 5.72. The predicted molar refractivity (Wildman–Crippen MR) is 63.8 cm³/mol. The highest BCUT2D eigenvalue weighted by Gasteiger charge is 2.13. The zero-order valence-corrected chi connectivity index (χ0v) is 10.6. The highest BCUT2D eigenvalue weighted by molar-refractivity contribution is 7.15. The molecule has 5 heteroatoms. The van der Waals surface area contributed by atoms with Crippen molar-refractivity contribution in [2.45, 2.75) is 39.5 Å². The average Bonchev–Trinajstić information content (AvgIpc) is 2.42. The second-order valence-corrected chi connectivity index (χ2v) is 5.57. The molecule has 1 aromatic rings. The molecule has 4 nitrogen and oxygen atoms in total. The molecule has 15 heavy (non-hydrogen) atoms. The van der Waals surface area contributed by atoms with E-state index >= 15 is 0 Å². The molecule has 0 bridgehead atoms. The van der Waals surface area contributed by atoms with E-state index in [-0.39, 0.29) is 5.54 Å². The lowest BCUT2D eigenvalue weighted by Gasteiger charge is -2.20. The molecule has 3 N–H and O–H groups in total. The number of nitrogens with one attached hydrogen (secondary N) is 1. The van der Waals surface area contributed by atoms with Gasteiger partial charge in [0.05, 0.1) is 12.3 Å². The van der Waals surface area contributed by atoms with Crippen LogP contribution >= 0.6 is 11.3 Å². The van der Waals surface area contributed by atoms with Gasteiger partial charge in [-0.3, -0.25) is 0 Å². The number of nitrogens with zero attached hydrogens (tertiary/aromatic N) is 1. The number of hydrogen-bond donors (Lipinski definition) is 2. The molecule has 1 rings (SSSR count). The summed E-state index contributed by atoms with van der Waals surface area (Å²) in [5.41, 5.74) is 6.71. The summed E-state index contributed by atoms with van der Waals surface area (Å²) in [6.07, 6.45) is 0. The first-order chi connectivity index (χ1) is 6.92. The van der Waals surface area contributed by atoms with E-state index in [1.165, 1.54) is 11.3 Å². The number of hydrogen-bond acceptors (Lipinski definition) is 5. The van der Waals surface area contributed by atoms with Gasteiger partial charge in [0.15, 0.2) is 5.13 Å². The number of anilines is 1. The molecular formula is C10H19N3OS. The fourth-order valence-corrected chi connectivity index (χ4v) is 1.91. The molecule has 0 amide bonds. The highest BCUT2D eigenvalue weighted by atomic mass is 32.1. The van der Waals surface area contributed by atoms with Crippen molar-refractivity contribution in [2.75, 3.05) is 12.8 Å². The Morgan fingerprint density at radius 2 is 2.13 bits per heavy atom. The zero-order valence-electron chi connectivity index (χ0n) is 9.76. The van der Waals surface area contributed by atoms with Gasteiger partial charge in [-0.15, -0.1) is 11.3 Å². The molecule has 0 saturated carbocycles. The van der Waals surface area contributed by atoms with Gasteiger partial charge in [0.25, 0.3) is 0 Å². The van der Waals surface area contributed by atoms with Crippen LogP contribution in [0.1, 0.15) is 31.3 Å². The summed E-state index contributed by atoms with van der Waals surface area (Å²) in [6.45, 7) is 7.71. The quantitative estimate of drug-likeness (QED) is 0.826. The van der Waals surface area contributed by atoms with Gasteiger partial charge in [-0.05, 0) is 20.8 Å². The Kier molecular flexibility index (Phi) is 4.07. The van der Waals surface area contributed by atoms with Crippen molar-refractivity contribution in [3.05, 3.63) is 10.6 Å². The Balaban J connectivity index is 2.67. The van der Waals surface area contributed by atoms with E-state index < -0.39 is 0 Å². The van der Waals surface area contributed by atoms with E-state index in [1.807, 2.05) is 0 Å². The number of methoxy groups -OCH3 is 1. The third-order valence-electron chi connectivity index (χ3n) is 1.86. The lowest BCUT2D eigenvalue weighted by Crippen LogP contribution is -2.35. The summed E-state index contributed by atoms with van der Waals surface area (Å²) in [7, 11) is 1.66. The van der Waals surface area contributed by atoms with Crippen molar-refractivity contribution < 1.29 is 4.74 Å². The Morgan fingerprint density at radius 1 is 1.47 bits per heavy atom. The number of ether oxygens (including phenoxy) is 1. The van der Waals surface area contributed by atoms with Gasteiger partial charge in [-0.1, -0.05) is 0 Å². The molecular weight excluding hydrogens is 210 g/mol. The fourth-order valence-electron chi connectivity index (χ4n) is 1.14. The van der Waals surface area contributed by atoms with Crippen molar-refractivity contribution in [3.8, 4) is 0 Å². The molecule has 1 heterocycles. The van der Waals surface area contributed by atoms with Crippen molar-refractivity contribution in [1.29, 1.82) is 0 Å². The van der Waals surface area contributed by atoms with E-state index in [4.69, 9.17) is 10.5 Å². The van der Waals surface area contributed by atoms with Gasteiger partial charge in [0, 0.05) is 24.1 Å². The number of rotatable bonds is 4. The third-order valence-corrected chi connectivity index (χ3v) is 2.78. The molecule has 1 aromatic heterocycles. The van der Waals surface area contributed by atoms with Gasteiger partial charge in [-0.2, -0.15) is 0 Å². The second kappa shape index (κ2) is 4.92. The van der Waals surface area contributed by atoms with Crippen LogP contribution < -0.4 is 11.1 Å². The van der Waals surface area contributed by atoms with Crippen LogP contribution in [0.4, 0.5) is 5.13 Å². The van der Waals surface area contributed by atoms with Crippen LogP contribution in [0.2, 0.25) is 0 Å². The standard InChI is InChI=1S/C10H19N3OS/c1-10(2,3)12-5-8-7(6-14-4)13-9(11)15-8/h12H,5-6H2,1-4H3,(H2,11,13). The number of thiazole rings is 1. The van der Waals surface area contributed by atoms with Crippen LogP contribution in [0.15, 0.2) is 0 Å². The minimum Gasteiger partial charge on any atom is -0.378 e. The monoisotopic (exact) mass is 229 g/mol. The maximum absolute atomic E-state index is 5.67. The third kappa shape index (κ3) is 4.15. The van der Waals surface area contributed by atoms with Gasteiger partial charge in [0.2, 0.25) is 0 Å². The smallest absolute Gasteiger partial charge is 0.180 e. The number of nitrogen functional groups attached to an aromatic ring is 1. The molecule has 0 fully saturated rings. The van der Waals surface area contributed by atoms with Gasteiger partial charge >= 0.3 is 0 Å². The number of nitrogens with two attached hydrogens (primary N) is 1. The topological polar surface area (TPSA) is 60.2 Å². The van der Waals surface area contributed by atoms with E-state index in [0.29, 0.717) is 11.7 Å². The van der Waals surface area contributed by atoms with Crippen LogP contribution in [0.3, 0.4) is 0 Å². The molecule has 0 radical (unpaired) electrons. The lowest BCUT2D eigenvalue weighted by molar-refractivity contribution is 0.181. The Morgan fingerprint density at radius 3 is 2.67 bits per heavy atom. The minimum absolute atomic E-state index is 0.100. The minimum atomic E-state index is 0.100. The largest absolute Gasteiger partial charge is 0.378 e. The molecule has 0 aliphatic rings. The first-order valence-electron chi connectivity index (χ1n) is 4.90. The Bertz CT molecular complexity index is 317. The van der Waals surface area contributed by atoms with Crippen molar-refractivity contribution in [3.63, 3.8) is 0 Å². The predicted octanol–water partition coefficient (Wildman–Crippen LogP) is 1.76. The Hall–Kier alpha value is -0.650. The van der Waals surface area contributed by atoms with E-state index in [9.17, 15) is 0 Å².